The summed E-state index contributed by atoms with van der Waals surface area (Å²) >= 11 is 1.51. The van der Waals surface area contributed by atoms with E-state index in [4.69, 9.17) is 10.4 Å². The SMILES string of the molecule is CC(C)CN(CCC#N)c1nc(CCC(=O)O)cs1. The van der Waals surface area contributed by atoms with E-state index in [0.29, 0.717) is 25.3 Å². The van der Waals surface area contributed by atoms with E-state index in [-0.39, 0.29) is 6.42 Å². The highest BCUT2D eigenvalue weighted by Crippen LogP contribution is 2.22. The van der Waals surface area contributed by atoms with Gasteiger partial charge in [0.1, 0.15) is 0 Å². The second-order valence-corrected chi connectivity index (χ2v) is 5.60. The largest absolute Gasteiger partial charge is 0.481 e. The fourth-order valence-electron chi connectivity index (χ4n) is 1.68. The topological polar surface area (TPSA) is 77.2 Å². The van der Waals surface area contributed by atoms with E-state index in [9.17, 15) is 4.79 Å². The molecular weight excluding hydrogens is 262 g/mol. The van der Waals surface area contributed by atoms with Crippen molar-refractivity contribution in [3.05, 3.63) is 11.1 Å². The molecule has 1 N–H and O–H groups in total. The van der Waals surface area contributed by atoms with E-state index in [2.05, 4.69) is 29.8 Å². The molecule has 0 aliphatic carbocycles. The summed E-state index contributed by atoms with van der Waals surface area (Å²) in [7, 11) is 0. The average Bonchev–Trinajstić information content (AvgIpc) is 2.80. The Morgan fingerprint density at radius 2 is 2.37 bits per heavy atom. The molecule has 19 heavy (non-hydrogen) atoms. The lowest BCUT2D eigenvalue weighted by molar-refractivity contribution is -0.136. The van der Waals surface area contributed by atoms with E-state index >= 15 is 0 Å². The summed E-state index contributed by atoms with van der Waals surface area (Å²) in [4.78, 5) is 17.1. The van der Waals surface area contributed by atoms with E-state index in [1.54, 1.807) is 0 Å². The number of carboxylic acid groups (broad SMARTS) is 1. The van der Waals surface area contributed by atoms with Gasteiger partial charge in [-0.3, -0.25) is 4.79 Å². The average molecular weight is 281 g/mol. The van der Waals surface area contributed by atoms with Crippen LogP contribution in [0.25, 0.3) is 0 Å². The van der Waals surface area contributed by atoms with Gasteiger partial charge in [-0.05, 0) is 5.92 Å². The first-order valence-corrected chi connectivity index (χ1v) is 7.19. The maximum Gasteiger partial charge on any atom is 0.303 e. The molecular formula is C13H19N3O2S. The fourth-order valence-corrected chi connectivity index (χ4v) is 2.58. The van der Waals surface area contributed by atoms with E-state index in [1.165, 1.54) is 11.3 Å². The first-order valence-electron chi connectivity index (χ1n) is 6.31. The number of anilines is 1. The minimum atomic E-state index is -0.807. The summed E-state index contributed by atoms with van der Waals surface area (Å²) in [6.07, 6.45) is 1.03. The third-order valence-corrected chi connectivity index (χ3v) is 3.43. The molecule has 104 valence electrons. The Hall–Kier alpha value is -1.61. The molecule has 0 spiro atoms. The van der Waals surface area contributed by atoms with Gasteiger partial charge in [-0.15, -0.1) is 11.3 Å². The molecule has 0 radical (unpaired) electrons. The fraction of sp³-hybridized carbons (Fsp3) is 0.615. The minimum Gasteiger partial charge on any atom is -0.481 e. The van der Waals surface area contributed by atoms with Gasteiger partial charge in [-0.2, -0.15) is 5.26 Å². The van der Waals surface area contributed by atoms with Crippen molar-refractivity contribution in [1.82, 2.24) is 4.98 Å². The molecule has 0 bridgehead atoms. The van der Waals surface area contributed by atoms with Gasteiger partial charge in [0.15, 0.2) is 5.13 Å². The van der Waals surface area contributed by atoms with Crippen molar-refractivity contribution >= 4 is 22.4 Å². The van der Waals surface area contributed by atoms with Crippen LogP contribution in [0.5, 0.6) is 0 Å². The van der Waals surface area contributed by atoms with Gasteiger partial charge in [0.2, 0.25) is 0 Å². The third kappa shape index (κ3) is 5.71. The zero-order valence-electron chi connectivity index (χ0n) is 11.3. The highest BCUT2D eigenvalue weighted by Gasteiger charge is 2.13. The minimum absolute atomic E-state index is 0.103. The Morgan fingerprint density at radius 1 is 1.63 bits per heavy atom. The first kappa shape index (κ1) is 15.4. The van der Waals surface area contributed by atoms with Gasteiger partial charge in [0, 0.05) is 24.9 Å². The standard InChI is InChI=1S/C13H19N3O2S/c1-10(2)8-16(7-3-6-14)13-15-11(9-19-13)4-5-12(17)18/h9-10H,3-5,7-8H2,1-2H3,(H,17,18). The Bertz CT molecular complexity index is 451. The second kappa shape index (κ2) is 7.74. The van der Waals surface area contributed by atoms with E-state index in [0.717, 1.165) is 17.4 Å². The Labute approximate surface area is 117 Å². The van der Waals surface area contributed by atoms with Crippen LogP contribution in [-0.4, -0.2) is 29.1 Å². The molecule has 0 saturated carbocycles. The van der Waals surface area contributed by atoms with Crippen LogP contribution in [0.15, 0.2) is 5.38 Å². The van der Waals surface area contributed by atoms with E-state index < -0.39 is 5.97 Å². The maximum absolute atomic E-state index is 10.5. The lowest BCUT2D eigenvalue weighted by Crippen LogP contribution is -2.28. The summed E-state index contributed by atoms with van der Waals surface area (Å²) in [5.74, 6) is -0.317. The summed E-state index contributed by atoms with van der Waals surface area (Å²) in [5, 5.41) is 20.1. The van der Waals surface area contributed by atoms with Crippen LogP contribution in [0.2, 0.25) is 0 Å². The summed E-state index contributed by atoms with van der Waals surface area (Å²) < 4.78 is 0. The number of carboxylic acids is 1. The molecule has 0 saturated heterocycles. The highest BCUT2D eigenvalue weighted by molar-refractivity contribution is 7.13. The number of nitrogens with zero attached hydrogens (tertiary/aromatic N) is 3. The van der Waals surface area contributed by atoms with Crippen LogP contribution in [0.4, 0.5) is 5.13 Å². The van der Waals surface area contributed by atoms with E-state index in [1.807, 2.05) is 5.38 Å². The zero-order chi connectivity index (χ0) is 14.3. The van der Waals surface area contributed by atoms with Crippen LogP contribution in [0.1, 0.15) is 32.4 Å². The number of hydrogen-bond acceptors (Lipinski definition) is 5. The van der Waals surface area contributed by atoms with Gasteiger partial charge in [0.25, 0.3) is 0 Å². The Morgan fingerprint density at radius 3 is 2.95 bits per heavy atom. The van der Waals surface area contributed by atoms with Gasteiger partial charge < -0.3 is 10.0 Å². The molecule has 1 aromatic heterocycles. The molecule has 0 atom stereocenters. The molecule has 5 nitrogen and oxygen atoms in total. The lowest BCUT2D eigenvalue weighted by Gasteiger charge is -2.22. The van der Waals surface area contributed by atoms with Crippen LogP contribution in [0.3, 0.4) is 0 Å². The van der Waals surface area contributed by atoms with Gasteiger partial charge in [0.05, 0.1) is 24.6 Å². The van der Waals surface area contributed by atoms with Crippen LogP contribution in [-0.2, 0) is 11.2 Å². The Balaban J connectivity index is 2.67. The number of aryl methyl sites for hydroxylation is 1. The van der Waals surface area contributed by atoms with Gasteiger partial charge in [-0.25, -0.2) is 4.98 Å². The molecule has 6 heteroatoms. The summed E-state index contributed by atoms with van der Waals surface area (Å²) in [6.45, 7) is 5.77. The Kier molecular flexibility index (Phi) is 6.30. The summed E-state index contributed by atoms with van der Waals surface area (Å²) in [6, 6.07) is 2.15. The smallest absolute Gasteiger partial charge is 0.303 e. The predicted molar refractivity (Wildman–Crippen MR) is 75.4 cm³/mol. The molecule has 0 amide bonds. The lowest BCUT2D eigenvalue weighted by atomic mass is 10.2. The van der Waals surface area contributed by atoms with Crippen LogP contribution < -0.4 is 4.90 Å². The monoisotopic (exact) mass is 281 g/mol. The first-order chi connectivity index (χ1) is 9.02. The molecule has 0 aliphatic heterocycles. The van der Waals surface area contributed by atoms with Crippen molar-refractivity contribution < 1.29 is 9.90 Å². The van der Waals surface area contributed by atoms with Gasteiger partial charge >= 0.3 is 5.97 Å². The molecule has 1 aromatic rings. The number of rotatable bonds is 8. The van der Waals surface area contributed by atoms with Crippen molar-refractivity contribution in [1.29, 1.82) is 5.26 Å². The number of carbonyl (C=O) groups is 1. The maximum atomic E-state index is 10.5. The predicted octanol–water partition coefficient (Wildman–Crippen LogP) is 2.54. The number of hydrogen-bond donors (Lipinski definition) is 1. The number of aromatic nitrogens is 1. The molecule has 1 heterocycles. The molecule has 1 rings (SSSR count). The molecule has 0 aliphatic rings. The second-order valence-electron chi connectivity index (χ2n) is 4.76. The van der Waals surface area contributed by atoms with Crippen molar-refractivity contribution in [2.75, 3.05) is 18.0 Å². The van der Waals surface area contributed by atoms with Crippen LogP contribution in [0, 0.1) is 17.2 Å². The quantitative estimate of drug-likeness (QED) is 0.792. The van der Waals surface area contributed by atoms with Crippen molar-refractivity contribution in [3.63, 3.8) is 0 Å². The van der Waals surface area contributed by atoms with Crippen molar-refractivity contribution in [3.8, 4) is 6.07 Å². The zero-order valence-corrected chi connectivity index (χ0v) is 12.1. The molecule has 0 unspecified atom stereocenters. The number of thiazole rings is 1. The van der Waals surface area contributed by atoms with Gasteiger partial charge in [-0.1, -0.05) is 13.8 Å². The van der Waals surface area contributed by atoms with Crippen LogP contribution >= 0.6 is 11.3 Å². The van der Waals surface area contributed by atoms with Crippen molar-refractivity contribution in [2.45, 2.75) is 33.1 Å². The van der Waals surface area contributed by atoms with Crippen molar-refractivity contribution in [2.24, 2.45) is 5.92 Å². The number of nitriles is 1. The number of aliphatic carboxylic acids is 1. The normalized spacial score (nSPS) is 10.4. The highest BCUT2D eigenvalue weighted by atomic mass is 32.1. The summed E-state index contributed by atoms with van der Waals surface area (Å²) in [5.41, 5.74) is 0.813. The molecule has 0 aromatic carbocycles. The molecule has 0 fully saturated rings. The third-order valence-electron chi connectivity index (χ3n) is 2.48.